The Bertz CT molecular complexity index is 2650. The molecule has 5 aromatic rings. The normalized spacial score (nSPS) is 12.0. The second-order valence-electron chi connectivity index (χ2n) is 13.6. The van der Waals surface area contributed by atoms with Gasteiger partial charge in [-0.15, -0.1) is 34.8 Å². The molecule has 20 heteroatoms. The number of hydrogen-bond acceptors (Lipinski definition) is 11. The summed E-state index contributed by atoms with van der Waals surface area (Å²) in [7, 11) is 0. The van der Waals surface area contributed by atoms with E-state index >= 15 is 0 Å². The highest BCUT2D eigenvalue weighted by molar-refractivity contribution is 6.33. The number of halogens is 5. The number of Topliss-reactive ketones (excluding diaryl/α,β-unsaturated/α-hetero) is 2. The fourth-order valence-electron chi connectivity index (χ4n) is 5.59. The maximum atomic E-state index is 13.5. The van der Waals surface area contributed by atoms with Crippen LogP contribution in [-0.2, 0) is 30.9 Å². The molecule has 0 spiro atoms. The van der Waals surface area contributed by atoms with Crippen molar-refractivity contribution in [1.29, 1.82) is 0 Å². The van der Waals surface area contributed by atoms with Crippen LogP contribution >= 0.6 is 58.0 Å². The van der Waals surface area contributed by atoms with Gasteiger partial charge in [0.05, 0.1) is 21.6 Å². The number of anilines is 4. The van der Waals surface area contributed by atoms with Crippen LogP contribution in [0.2, 0.25) is 10.0 Å². The summed E-state index contributed by atoms with van der Waals surface area (Å²) < 4.78 is 5.73. The molecule has 5 aromatic carbocycles. The molecule has 0 saturated heterocycles. The average molecular weight is 967 g/mol. The van der Waals surface area contributed by atoms with Gasteiger partial charge in [0.15, 0.2) is 11.6 Å². The first-order chi connectivity index (χ1) is 30.7. The number of amides is 4. The van der Waals surface area contributed by atoms with E-state index in [-0.39, 0.29) is 73.9 Å². The Morgan fingerprint density at radius 1 is 0.562 bits per heavy atom. The maximum absolute atomic E-state index is 13.5. The fourth-order valence-corrected chi connectivity index (χ4v) is 6.31. The van der Waals surface area contributed by atoms with Gasteiger partial charge in [-0.2, -0.15) is 20.5 Å². The molecule has 0 radical (unpaired) electrons. The Hall–Kier alpha value is -6.23. The highest BCUT2D eigenvalue weighted by Crippen LogP contribution is 2.32. The van der Waals surface area contributed by atoms with Gasteiger partial charge >= 0.3 is 0 Å². The van der Waals surface area contributed by atoms with Crippen molar-refractivity contribution in [3.8, 4) is 5.75 Å². The largest absolute Gasteiger partial charge is 0.490 e. The van der Waals surface area contributed by atoms with Gasteiger partial charge in [-0.1, -0.05) is 47.5 Å². The predicted octanol–water partition coefficient (Wildman–Crippen LogP) is 11.0. The van der Waals surface area contributed by atoms with Crippen LogP contribution in [0.4, 0.5) is 34.1 Å². The lowest BCUT2D eigenvalue weighted by Gasteiger charge is -2.16. The van der Waals surface area contributed by atoms with Crippen molar-refractivity contribution in [1.82, 2.24) is 0 Å². The summed E-state index contributed by atoms with van der Waals surface area (Å²) in [6, 6.07) is 23.3. The third-order valence-electron chi connectivity index (χ3n) is 8.77. The van der Waals surface area contributed by atoms with Crippen molar-refractivity contribution in [3.05, 3.63) is 135 Å². The molecule has 2 unspecified atom stereocenters. The number of ketones is 2. The molecular formula is C44H37Cl5N8O7. The molecule has 0 heterocycles. The smallest absolute Gasteiger partial charge is 0.258 e. The van der Waals surface area contributed by atoms with Crippen LogP contribution in [0.15, 0.2) is 124 Å². The van der Waals surface area contributed by atoms with Crippen LogP contribution in [0.1, 0.15) is 45.7 Å². The number of benzene rings is 5. The van der Waals surface area contributed by atoms with Gasteiger partial charge < -0.3 is 26.0 Å². The fraction of sp³-hybridized carbons (Fsp3) is 0.182. The first-order valence-electron chi connectivity index (χ1n) is 19.0. The molecule has 4 amide bonds. The monoisotopic (exact) mass is 964 g/mol. The number of ether oxygens (including phenoxy) is 1. The van der Waals surface area contributed by atoms with Gasteiger partial charge in [0.1, 0.15) is 23.7 Å². The number of nitrogens with zero attached hydrogens (tertiary/aromatic N) is 4. The van der Waals surface area contributed by atoms with Crippen LogP contribution in [0, 0.1) is 0 Å². The Labute approximate surface area is 391 Å². The van der Waals surface area contributed by atoms with E-state index < -0.39 is 47.3 Å². The number of azo groups is 2. The first-order valence-corrected chi connectivity index (χ1v) is 21.3. The highest BCUT2D eigenvalue weighted by atomic mass is 35.5. The summed E-state index contributed by atoms with van der Waals surface area (Å²) in [5, 5.41) is 26.8. The lowest BCUT2D eigenvalue weighted by molar-refractivity contribution is -0.127. The summed E-state index contributed by atoms with van der Waals surface area (Å²) in [6.07, 6.45) is 0. The van der Waals surface area contributed by atoms with Crippen LogP contribution in [-0.4, -0.2) is 59.8 Å². The molecule has 64 heavy (non-hydrogen) atoms. The summed E-state index contributed by atoms with van der Waals surface area (Å²) in [5.74, 6) is -3.48. The zero-order valence-corrected chi connectivity index (χ0v) is 37.6. The summed E-state index contributed by atoms with van der Waals surface area (Å²) in [4.78, 5) is 78.2. The summed E-state index contributed by atoms with van der Waals surface area (Å²) >= 11 is 30.4. The quantitative estimate of drug-likeness (QED) is 0.0357. The molecular weight excluding hydrogens is 930 g/mol. The lowest BCUT2D eigenvalue weighted by Crippen LogP contribution is -2.32. The molecule has 5 rings (SSSR count). The van der Waals surface area contributed by atoms with Crippen LogP contribution in [0.25, 0.3) is 0 Å². The number of hydrogen-bond donors (Lipinski definition) is 4. The number of rotatable bonds is 19. The van der Waals surface area contributed by atoms with Gasteiger partial charge in [0.2, 0.25) is 12.1 Å². The van der Waals surface area contributed by atoms with Crippen molar-refractivity contribution in [3.63, 3.8) is 0 Å². The summed E-state index contributed by atoms with van der Waals surface area (Å²) in [6.45, 7) is 2.26. The highest BCUT2D eigenvalue weighted by Gasteiger charge is 2.27. The Morgan fingerprint density at radius 3 is 1.48 bits per heavy atom. The number of nitrogens with one attached hydrogen (secondary N) is 4. The van der Waals surface area contributed by atoms with E-state index in [0.29, 0.717) is 11.4 Å². The van der Waals surface area contributed by atoms with Crippen molar-refractivity contribution in [2.75, 3.05) is 33.8 Å². The molecule has 0 aromatic heterocycles. The van der Waals surface area contributed by atoms with E-state index in [2.05, 4.69) is 41.7 Å². The Morgan fingerprint density at radius 2 is 1.03 bits per heavy atom. The third-order valence-corrected chi connectivity index (χ3v) is 10.2. The first kappa shape index (κ1) is 48.8. The van der Waals surface area contributed by atoms with E-state index in [1.165, 1.54) is 54.6 Å². The van der Waals surface area contributed by atoms with Crippen molar-refractivity contribution in [2.45, 2.75) is 37.7 Å². The number of carbonyl (C=O) groups excluding carboxylic acids is 6. The minimum atomic E-state index is -1.66. The molecule has 0 saturated carbocycles. The minimum absolute atomic E-state index is 0.0159. The van der Waals surface area contributed by atoms with Crippen LogP contribution < -0.4 is 26.0 Å². The lowest BCUT2D eigenvalue weighted by atomic mass is 10.1. The van der Waals surface area contributed by atoms with Crippen LogP contribution in [0.5, 0.6) is 5.75 Å². The molecule has 0 aliphatic rings. The number of carbonyl (C=O) groups is 6. The van der Waals surface area contributed by atoms with Crippen molar-refractivity contribution < 1.29 is 33.5 Å². The third kappa shape index (κ3) is 13.6. The molecule has 15 nitrogen and oxygen atoms in total. The van der Waals surface area contributed by atoms with Gasteiger partial charge in [-0.05, 0) is 97.8 Å². The van der Waals surface area contributed by atoms with E-state index in [0.717, 1.165) is 25.0 Å². The second kappa shape index (κ2) is 23.5. The molecule has 0 aliphatic carbocycles. The summed E-state index contributed by atoms with van der Waals surface area (Å²) in [5.41, 5.74) is 3.22. The van der Waals surface area contributed by atoms with E-state index in [1.54, 1.807) is 36.4 Å². The minimum Gasteiger partial charge on any atom is -0.490 e. The van der Waals surface area contributed by atoms with Crippen LogP contribution in [0.3, 0.4) is 0 Å². The molecule has 0 bridgehead atoms. The molecule has 4 N–H and O–H groups in total. The molecule has 330 valence electrons. The topological polar surface area (TPSA) is 209 Å². The second-order valence-corrected chi connectivity index (χ2v) is 15.3. The van der Waals surface area contributed by atoms with Crippen molar-refractivity contribution >= 4 is 127 Å². The van der Waals surface area contributed by atoms with E-state index in [1.807, 2.05) is 12.1 Å². The van der Waals surface area contributed by atoms with Gasteiger partial charge in [-0.3, -0.25) is 28.8 Å². The molecule has 0 aliphatic heterocycles. The van der Waals surface area contributed by atoms with Gasteiger partial charge in [0, 0.05) is 46.0 Å². The zero-order chi connectivity index (χ0) is 46.3. The Balaban J connectivity index is 1.29. The number of alkyl halides is 3. The Kier molecular flexibility index (Phi) is 17.9. The molecule has 2 atom stereocenters. The van der Waals surface area contributed by atoms with E-state index in [4.69, 9.17) is 62.7 Å². The average Bonchev–Trinajstić information content (AvgIpc) is 3.27. The standard InChI is InChI=1S/C44H37Cl5N8O7/c1-24(58)39(56-54-36-19-28(9-12-33(36)48)41(60)50-30-7-3-5-26(17-30)22-46)43(62)52-32-11-14-35(38(21-32)64-16-15-45)53-44(63)40(25(2)59)57-55-37-20-29(10-13-34(37)49)42(61)51-31-8-4-6-27(18-31)23-47/h3-14,17-21,39-40H,15-16,22-23H2,1-2H3,(H,50,60)(H,51,61)(H,52,62)(H,53,63). The maximum Gasteiger partial charge on any atom is 0.258 e. The zero-order valence-electron chi connectivity index (χ0n) is 33.8. The van der Waals surface area contributed by atoms with Crippen molar-refractivity contribution in [2.24, 2.45) is 20.5 Å². The predicted molar refractivity (Wildman–Crippen MR) is 249 cm³/mol. The van der Waals surface area contributed by atoms with E-state index in [9.17, 15) is 28.8 Å². The SMILES string of the molecule is CC(=O)C(N=Nc1cc(C(=O)Nc2cccc(CCl)c2)ccc1Cl)C(=O)Nc1ccc(NC(=O)C(N=Nc2cc(C(=O)Nc3cccc(CCl)c3)ccc2Cl)C(C)=O)c(OCCCl)c1. The van der Waals surface area contributed by atoms with Gasteiger partial charge in [-0.25, -0.2) is 0 Å². The van der Waals surface area contributed by atoms with Gasteiger partial charge in [0.25, 0.3) is 23.6 Å². The molecule has 0 fully saturated rings.